The summed E-state index contributed by atoms with van der Waals surface area (Å²) < 4.78 is 0. The zero-order valence-corrected chi connectivity index (χ0v) is 13.0. The highest BCUT2D eigenvalue weighted by atomic mass is 16.2. The van der Waals surface area contributed by atoms with Gasteiger partial charge in [-0.3, -0.25) is 14.6 Å². The van der Waals surface area contributed by atoms with Crippen LogP contribution in [0.25, 0.3) is 11.1 Å². The van der Waals surface area contributed by atoms with E-state index >= 15 is 0 Å². The Kier molecular flexibility index (Phi) is 4.37. The van der Waals surface area contributed by atoms with Crippen LogP contribution in [0.15, 0.2) is 48.8 Å². The highest BCUT2D eigenvalue weighted by Crippen LogP contribution is 2.21. The molecule has 0 aliphatic carbocycles. The van der Waals surface area contributed by atoms with E-state index in [1.807, 2.05) is 49.5 Å². The molecule has 2 aromatic rings. The molecular formula is C18H19N3O2. The zero-order chi connectivity index (χ0) is 16.2. The lowest BCUT2D eigenvalue weighted by atomic mass is 10.0. The molecule has 0 radical (unpaired) electrons. The van der Waals surface area contributed by atoms with Crippen molar-refractivity contribution in [3.05, 3.63) is 54.4 Å². The smallest absolute Gasteiger partial charge is 0.243 e. The summed E-state index contributed by atoms with van der Waals surface area (Å²) in [5.74, 6) is -0.182. The van der Waals surface area contributed by atoms with Crippen LogP contribution in [0, 0.1) is 0 Å². The first-order valence-corrected chi connectivity index (χ1v) is 7.73. The molecule has 23 heavy (non-hydrogen) atoms. The number of benzene rings is 1. The number of nitrogens with zero attached hydrogens (tertiary/aromatic N) is 1. The molecule has 0 saturated carbocycles. The molecule has 1 saturated heterocycles. The van der Waals surface area contributed by atoms with Crippen LogP contribution in [0.3, 0.4) is 0 Å². The van der Waals surface area contributed by atoms with Crippen LogP contribution in [0.2, 0.25) is 0 Å². The highest BCUT2D eigenvalue weighted by molar-refractivity contribution is 5.90. The van der Waals surface area contributed by atoms with Crippen molar-refractivity contribution in [3.8, 4) is 11.1 Å². The molecule has 0 unspecified atom stereocenters. The molecular weight excluding hydrogens is 290 g/mol. The summed E-state index contributed by atoms with van der Waals surface area (Å²) in [7, 11) is 0. The Morgan fingerprint density at radius 2 is 2.04 bits per heavy atom. The summed E-state index contributed by atoms with van der Waals surface area (Å²) in [6, 6.07) is 11.4. The number of pyridine rings is 1. The minimum atomic E-state index is -0.403. The molecule has 0 bridgehead atoms. The van der Waals surface area contributed by atoms with Crippen molar-refractivity contribution in [1.29, 1.82) is 0 Å². The van der Waals surface area contributed by atoms with Gasteiger partial charge in [0, 0.05) is 18.8 Å². The minimum absolute atomic E-state index is 0.0568. The monoisotopic (exact) mass is 309 g/mol. The largest absolute Gasteiger partial charge is 0.348 e. The quantitative estimate of drug-likeness (QED) is 0.909. The van der Waals surface area contributed by atoms with Gasteiger partial charge in [-0.05, 0) is 36.1 Å². The second-order valence-corrected chi connectivity index (χ2v) is 5.75. The lowest BCUT2D eigenvalue weighted by Gasteiger charge is -2.17. The van der Waals surface area contributed by atoms with Crippen LogP contribution in [-0.2, 0) is 9.59 Å². The average molecular weight is 309 g/mol. The second kappa shape index (κ2) is 6.60. The lowest BCUT2D eigenvalue weighted by Crippen LogP contribution is -2.42. The van der Waals surface area contributed by atoms with Gasteiger partial charge in [-0.15, -0.1) is 0 Å². The summed E-state index contributed by atoms with van der Waals surface area (Å²) in [5, 5.41) is 5.64. The standard InChI is InChI=1S/C18H19N3O2/c1-12(20-18(23)16-8-9-17(22)21-16)13-4-6-14(7-5-13)15-3-2-10-19-11-15/h2-7,10-12,16H,8-9H2,1H3,(H,20,23)(H,21,22)/t12-,16+/m1/s1. The molecule has 2 heterocycles. The van der Waals surface area contributed by atoms with Gasteiger partial charge in [0.15, 0.2) is 0 Å². The Morgan fingerprint density at radius 3 is 2.65 bits per heavy atom. The van der Waals surface area contributed by atoms with Gasteiger partial charge in [0.25, 0.3) is 0 Å². The summed E-state index contributed by atoms with van der Waals surface area (Å²) in [6.45, 7) is 1.94. The Labute approximate surface area is 135 Å². The maximum Gasteiger partial charge on any atom is 0.243 e. The van der Waals surface area contributed by atoms with Gasteiger partial charge in [-0.1, -0.05) is 30.3 Å². The molecule has 5 heteroatoms. The third-order valence-electron chi connectivity index (χ3n) is 4.08. The van der Waals surface area contributed by atoms with E-state index in [1.54, 1.807) is 6.20 Å². The first kappa shape index (κ1) is 15.2. The van der Waals surface area contributed by atoms with Gasteiger partial charge < -0.3 is 10.6 Å². The summed E-state index contributed by atoms with van der Waals surface area (Å²) in [4.78, 5) is 27.4. The van der Waals surface area contributed by atoms with Crippen molar-refractivity contribution in [1.82, 2.24) is 15.6 Å². The Hall–Kier alpha value is -2.69. The first-order chi connectivity index (χ1) is 11.1. The van der Waals surface area contributed by atoms with E-state index in [0.29, 0.717) is 12.8 Å². The van der Waals surface area contributed by atoms with E-state index in [4.69, 9.17) is 0 Å². The second-order valence-electron chi connectivity index (χ2n) is 5.75. The summed E-state index contributed by atoms with van der Waals surface area (Å²) in [6.07, 6.45) is 4.56. The predicted molar refractivity (Wildman–Crippen MR) is 87.4 cm³/mol. The normalized spacial score (nSPS) is 18.3. The number of hydrogen-bond donors (Lipinski definition) is 2. The molecule has 1 aliphatic rings. The fraction of sp³-hybridized carbons (Fsp3) is 0.278. The SMILES string of the molecule is C[C@@H](NC(=O)[C@@H]1CCC(=O)N1)c1ccc(-c2cccnc2)cc1. The van der Waals surface area contributed by atoms with Crippen molar-refractivity contribution in [2.75, 3.05) is 0 Å². The van der Waals surface area contributed by atoms with Crippen LogP contribution in [0.1, 0.15) is 31.4 Å². The topological polar surface area (TPSA) is 71.1 Å². The van der Waals surface area contributed by atoms with Gasteiger partial charge in [0.1, 0.15) is 6.04 Å². The highest BCUT2D eigenvalue weighted by Gasteiger charge is 2.27. The molecule has 2 atom stereocenters. The molecule has 118 valence electrons. The van der Waals surface area contributed by atoms with Gasteiger partial charge in [-0.2, -0.15) is 0 Å². The van der Waals surface area contributed by atoms with Gasteiger partial charge in [0.2, 0.25) is 11.8 Å². The molecule has 0 spiro atoms. The number of aromatic nitrogens is 1. The number of carbonyl (C=O) groups is 2. The van der Waals surface area contributed by atoms with Crippen LogP contribution in [0.5, 0.6) is 0 Å². The third kappa shape index (κ3) is 3.56. The van der Waals surface area contributed by atoms with Crippen molar-refractivity contribution in [2.45, 2.75) is 31.8 Å². The van der Waals surface area contributed by atoms with Crippen LogP contribution in [0.4, 0.5) is 0 Å². The third-order valence-corrected chi connectivity index (χ3v) is 4.08. The van der Waals surface area contributed by atoms with Gasteiger partial charge in [0.05, 0.1) is 6.04 Å². The summed E-state index contributed by atoms with van der Waals surface area (Å²) in [5.41, 5.74) is 3.17. The molecule has 1 fully saturated rings. The van der Waals surface area contributed by atoms with Crippen molar-refractivity contribution in [3.63, 3.8) is 0 Å². The Balaban J connectivity index is 1.65. The van der Waals surface area contributed by atoms with E-state index in [0.717, 1.165) is 16.7 Å². The lowest BCUT2D eigenvalue weighted by molar-refractivity contribution is -0.126. The molecule has 1 aromatic heterocycles. The number of carbonyl (C=O) groups excluding carboxylic acids is 2. The van der Waals surface area contributed by atoms with Gasteiger partial charge in [-0.25, -0.2) is 0 Å². The first-order valence-electron chi connectivity index (χ1n) is 7.73. The van der Waals surface area contributed by atoms with Crippen molar-refractivity contribution < 1.29 is 9.59 Å². The molecule has 2 N–H and O–H groups in total. The Bertz CT molecular complexity index is 698. The number of hydrogen-bond acceptors (Lipinski definition) is 3. The molecule has 3 rings (SSSR count). The predicted octanol–water partition coefficient (Wildman–Crippen LogP) is 2.20. The van der Waals surface area contributed by atoms with E-state index in [1.165, 1.54) is 0 Å². The van der Waals surface area contributed by atoms with E-state index in [-0.39, 0.29) is 17.9 Å². The zero-order valence-electron chi connectivity index (χ0n) is 13.0. The molecule has 1 aromatic carbocycles. The fourth-order valence-corrected chi connectivity index (χ4v) is 2.71. The van der Waals surface area contributed by atoms with Crippen molar-refractivity contribution in [2.24, 2.45) is 0 Å². The van der Waals surface area contributed by atoms with E-state index < -0.39 is 6.04 Å². The van der Waals surface area contributed by atoms with Gasteiger partial charge >= 0.3 is 0 Å². The fourth-order valence-electron chi connectivity index (χ4n) is 2.71. The van der Waals surface area contributed by atoms with Crippen molar-refractivity contribution >= 4 is 11.8 Å². The maximum atomic E-state index is 12.1. The molecule has 2 amide bonds. The maximum absolute atomic E-state index is 12.1. The minimum Gasteiger partial charge on any atom is -0.348 e. The number of nitrogens with one attached hydrogen (secondary N) is 2. The summed E-state index contributed by atoms with van der Waals surface area (Å²) >= 11 is 0. The van der Waals surface area contributed by atoms with Crippen LogP contribution in [-0.4, -0.2) is 22.8 Å². The Morgan fingerprint density at radius 1 is 1.26 bits per heavy atom. The van der Waals surface area contributed by atoms with Crippen LogP contribution < -0.4 is 10.6 Å². The van der Waals surface area contributed by atoms with E-state index in [9.17, 15) is 9.59 Å². The molecule has 5 nitrogen and oxygen atoms in total. The average Bonchev–Trinajstić information content (AvgIpc) is 3.02. The van der Waals surface area contributed by atoms with E-state index in [2.05, 4.69) is 15.6 Å². The molecule has 1 aliphatic heterocycles. The number of rotatable bonds is 4. The number of amides is 2. The van der Waals surface area contributed by atoms with Crippen LogP contribution >= 0.6 is 0 Å².